The highest BCUT2D eigenvalue weighted by Crippen LogP contribution is 2.27. The topological polar surface area (TPSA) is 48.7 Å². The van der Waals surface area contributed by atoms with Crippen LogP contribution in [0.3, 0.4) is 0 Å². The van der Waals surface area contributed by atoms with Gasteiger partial charge in [-0.1, -0.05) is 26.0 Å². The first-order chi connectivity index (χ1) is 13.4. The van der Waals surface area contributed by atoms with Gasteiger partial charge in [-0.15, -0.1) is 0 Å². The zero-order valence-corrected chi connectivity index (χ0v) is 17.6. The molecule has 152 valence electrons. The van der Waals surface area contributed by atoms with Crippen LogP contribution in [0.5, 0.6) is 5.75 Å². The lowest BCUT2D eigenvalue weighted by molar-refractivity contribution is 0.0925. The molecule has 1 fully saturated rings. The van der Waals surface area contributed by atoms with E-state index < -0.39 is 0 Å². The second kappa shape index (κ2) is 8.82. The molecule has 0 atom stereocenters. The van der Waals surface area contributed by atoms with Crippen LogP contribution >= 0.6 is 0 Å². The van der Waals surface area contributed by atoms with Crippen molar-refractivity contribution in [1.82, 2.24) is 9.47 Å². The van der Waals surface area contributed by atoms with Crippen LogP contribution in [0.2, 0.25) is 0 Å². The summed E-state index contributed by atoms with van der Waals surface area (Å²) in [6.45, 7) is 13.3. The third-order valence-corrected chi connectivity index (χ3v) is 5.77. The smallest absolute Gasteiger partial charge is 0.178 e. The molecule has 1 aliphatic rings. The number of phenolic OH excluding ortho intramolecular Hbond substituents is 1. The van der Waals surface area contributed by atoms with E-state index in [1.54, 1.807) is 6.07 Å². The molecule has 28 heavy (non-hydrogen) atoms. The van der Waals surface area contributed by atoms with Crippen LogP contribution in [0, 0.1) is 19.8 Å². The van der Waals surface area contributed by atoms with Gasteiger partial charge in [-0.2, -0.15) is 0 Å². The Kier molecular flexibility index (Phi) is 6.45. The maximum atomic E-state index is 12.9. The minimum absolute atomic E-state index is 0.208. The number of aromatic hydroxyl groups is 1. The number of Topliss-reactive ketones (excluding diaryl/α,β-unsaturated/α-hetero) is 1. The highest BCUT2D eigenvalue weighted by molar-refractivity contribution is 5.99. The van der Waals surface area contributed by atoms with E-state index in [2.05, 4.69) is 48.1 Å². The first kappa shape index (κ1) is 20.5. The van der Waals surface area contributed by atoms with E-state index in [0.29, 0.717) is 18.2 Å². The number of aryl methyl sites for hydroxylation is 1. The quantitative estimate of drug-likeness (QED) is 0.738. The third kappa shape index (κ3) is 4.58. The highest BCUT2D eigenvalue weighted by atomic mass is 16.3. The average molecular weight is 384 g/mol. The van der Waals surface area contributed by atoms with Gasteiger partial charge < -0.3 is 14.6 Å². The summed E-state index contributed by atoms with van der Waals surface area (Å²) in [6, 6.07) is 9.50. The molecule has 5 nitrogen and oxygen atoms in total. The van der Waals surface area contributed by atoms with E-state index in [9.17, 15) is 9.90 Å². The molecule has 1 N–H and O–H groups in total. The number of piperazine rings is 1. The van der Waals surface area contributed by atoms with Crippen molar-refractivity contribution < 1.29 is 9.90 Å². The van der Waals surface area contributed by atoms with Gasteiger partial charge >= 0.3 is 0 Å². The molecule has 0 unspecified atom stereocenters. The second-order valence-electron chi connectivity index (χ2n) is 8.29. The van der Waals surface area contributed by atoms with Crippen LogP contribution in [-0.2, 0) is 6.54 Å². The van der Waals surface area contributed by atoms with Crippen LogP contribution in [0.15, 0.2) is 30.3 Å². The number of phenols is 1. The molecule has 2 heterocycles. The van der Waals surface area contributed by atoms with Gasteiger partial charge in [-0.05, 0) is 44.4 Å². The number of anilines is 1. The Balaban J connectivity index is 1.59. The first-order valence-corrected chi connectivity index (χ1v) is 10.3. The van der Waals surface area contributed by atoms with Crippen molar-refractivity contribution >= 4 is 11.5 Å². The highest BCUT2D eigenvalue weighted by Gasteiger charge is 2.23. The fraction of sp³-hybridized carbons (Fsp3) is 0.522. The lowest BCUT2D eigenvalue weighted by Gasteiger charge is -2.36. The number of rotatable bonds is 7. The van der Waals surface area contributed by atoms with Gasteiger partial charge in [0.1, 0.15) is 5.75 Å². The zero-order valence-electron chi connectivity index (χ0n) is 17.6. The van der Waals surface area contributed by atoms with Gasteiger partial charge in [-0.25, -0.2) is 0 Å². The summed E-state index contributed by atoms with van der Waals surface area (Å²) in [5, 5.41) is 10.0. The number of carbonyl (C=O) groups is 1. The average Bonchev–Trinajstić information content (AvgIpc) is 2.95. The van der Waals surface area contributed by atoms with Gasteiger partial charge in [-0.3, -0.25) is 9.69 Å². The molecule has 2 aromatic rings. The van der Waals surface area contributed by atoms with Gasteiger partial charge in [0.05, 0.1) is 12.2 Å². The van der Waals surface area contributed by atoms with Crippen molar-refractivity contribution in [2.24, 2.45) is 5.92 Å². The SMILES string of the molecule is Cc1cc(C(=O)CN2CCN(c3ccccc3O)CC2)c(C)n1CCC(C)C. The Morgan fingerprint density at radius 2 is 1.79 bits per heavy atom. The Morgan fingerprint density at radius 1 is 1.11 bits per heavy atom. The van der Waals surface area contributed by atoms with Gasteiger partial charge in [0, 0.05) is 49.7 Å². The van der Waals surface area contributed by atoms with Crippen molar-refractivity contribution in [1.29, 1.82) is 0 Å². The fourth-order valence-electron chi connectivity index (χ4n) is 3.98. The van der Waals surface area contributed by atoms with Crippen LogP contribution in [0.4, 0.5) is 5.69 Å². The number of hydrogen-bond acceptors (Lipinski definition) is 4. The molecule has 0 bridgehead atoms. The molecule has 5 heteroatoms. The standard InChI is InChI=1S/C23H33N3O2/c1-17(2)9-10-26-18(3)15-20(19(26)4)23(28)16-24-11-13-25(14-12-24)21-7-5-6-8-22(21)27/h5-8,15,17,27H,9-14,16H2,1-4H3. The lowest BCUT2D eigenvalue weighted by atomic mass is 10.1. The predicted octanol–water partition coefficient (Wildman–Crippen LogP) is 3.86. The third-order valence-electron chi connectivity index (χ3n) is 5.77. The lowest BCUT2D eigenvalue weighted by Crippen LogP contribution is -2.48. The monoisotopic (exact) mass is 383 g/mol. The number of benzene rings is 1. The summed E-state index contributed by atoms with van der Waals surface area (Å²) in [7, 11) is 0. The van der Waals surface area contributed by atoms with Crippen LogP contribution < -0.4 is 4.90 Å². The van der Waals surface area contributed by atoms with Gasteiger partial charge in [0.15, 0.2) is 5.78 Å². The Bertz CT molecular complexity index is 817. The van der Waals surface area contributed by atoms with Crippen LogP contribution in [-0.4, -0.2) is 53.1 Å². The number of hydrogen-bond donors (Lipinski definition) is 1. The van der Waals surface area contributed by atoms with E-state index in [-0.39, 0.29) is 5.78 Å². The second-order valence-corrected chi connectivity index (χ2v) is 8.29. The summed E-state index contributed by atoms with van der Waals surface area (Å²) >= 11 is 0. The molecule has 0 aliphatic carbocycles. The molecular weight excluding hydrogens is 350 g/mol. The molecule has 0 saturated carbocycles. The summed E-state index contributed by atoms with van der Waals surface area (Å²) in [5.41, 5.74) is 4.01. The van der Waals surface area contributed by atoms with Crippen LogP contribution in [0.1, 0.15) is 42.0 Å². The van der Waals surface area contributed by atoms with Gasteiger partial charge in [0.25, 0.3) is 0 Å². The number of carbonyl (C=O) groups excluding carboxylic acids is 1. The number of ketones is 1. The van der Waals surface area contributed by atoms with Crippen molar-refractivity contribution in [3.05, 3.63) is 47.3 Å². The Labute approximate surface area is 168 Å². The summed E-state index contributed by atoms with van der Waals surface area (Å²) in [5.74, 6) is 1.18. The summed E-state index contributed by atoms with van der Waals surface area (Å²) < 4.78 is 2.28. The summed E-state index contributed by atoms with van der Waals surface area (Å²) in [4.78, 5) is 17.3. The molecule has 0 spiro atoms. The minimum Gasteiger partial charge on any atom is -0.506 e. The van der Waals surface area contributed by atoms with Crippen LogP contribution in [0.25, 0.3) is 0 Å². The first-order valence-electron chi connectivity index (χ1n) is 10.3. The van der Waals surface area contributed by atoms with Crippen molar-refractivity contribution in [2.75, 3.05) is 37.6 Å². The molecule has 0 amide bonds. The molecule has 1 aliphatic heterocycles. The van der Waals surface area contributed by atoms with E-state index in [1.807, 2.05) is 18.2 Å². The number of para-hydroxylation sites is 2. The van der Waals surface area contributed by atoms with E-state index in [4.69, 9.17) is 0 Å². The molecule has 1 aromatic heterocycles. The summed E-state index contributed by atoms with van der Waals surface area (Å²) in [6.07, 6.45) is 1.12. The molecule has 1 saturated heterocycles. The largest absolute Gasteiger partial charge is 0.506 e. The molecule has 1 aromatic carbocycles. The minimum atomic E-state index is 0.208. The molecule has 0 radical (unpaired) electrons. The normalized spacial score (nSPS) is 15.4. The van der Waals surface area contributed by atoms with E-state index in [1.165, 1.54) is 5.69 Å². The number of nitrogens with zero attached hydrogens (tertiary/aromatic N) is 3. The van der Waals surface area contributed by atoms with Crippen molar-refractivity contribution in [3.8, 4) is 5.75 Å². The number of aromatic nitrogens is 1. The van der Waals surface area contributed by atoms with Crippen molar-refractivity contribution in [2.45, 2.75) is 40.7 Å². The van der Waals surface area contributed by atoms with Gasteiger partial charge in [0.2, 0.25) is 0 Å². The Hall–Kier alpha value is -2.27. The Morgan fingerprint density at radius 3 is 2.43 bits per heavy atom. The zero-order chi connectivity index (χ0) is 20.3. The van der Waals surface area contributed by atoms with Crippen molar-refractivity contribution in [3.63, 3.8) is 0 Å². The predicted molar refractivity (Wildman–Crippen MR) is 114 cm³/mol. The molecular formula is C23H33N3O2. The molecule has 3 rings (SSSR count). The maximum Gasteiger partial charge on any atom is 0.178 e. The van der Waals surface area contributed by atoms with E-state index in [0.717, 1.165) is 56.1 Å². The fourth-order valence-corrected chi connectivity index (χ4v) is 3.98. The maximum absolute atomic E-state index is 12.9. The van der Waals surface area contributed by atoms with E-state index >= 15 is 0 Å².